The monoisotopic (exact) mass is 268 g/mol. The lowest BCUT2D eigenvalue weighted by Crippen LogP contribution is -2.40. The molecule has 1 atom stereocenters. The fourth-order valence-electron chi connectivity index (χ4n) is 3.41. The molecule has 0 aliphatic heterocycles. The lowest BCUT2D eigenvalue weighted by Gasteiger charge is -2.29. The number of nitrogens with one attached hydrogen (secondary N) is 1. The van der Waals surface area contributed by atoms with Gasteiger partial charge in [0.2, 0.25) is 0 Å². The first-order chi connectivity index (χ1) is 9.31. The highest BCUT2D eigenvalue weighted by Crippen LogP contribution is 2.27. The Morgan fingerprint density at radius 1 is 1.00 bits per heavy atom. The summed E-state index contributed by atoms with van der Waals surface area (Å²) >= 11 is 0. The van der Waals surface area contributed by atoms with Crippen LogP contribution in [-0.2, 0) is 0 Å². The first kappa shape index (κ1) is 17.0. The van der Waals surface area contributed by atoms with E-state index in [1.165, 1.54) is 77.5 Å². The molecule has 19 heavy (non-hydrogen) atoms. The molecule has 0 heterocycles. The van der Waals surface area contributed by atoms with Gasteiger partial charge in [0.05, 0.1) is 0 Å². The molecule has 0 aromatic rings. The molecule has 1 saturated carbocycles. The van der Waals surface area contributed by atoms with E-state index in [0.717, 1.165) is 12.0 Å². The lowest BCUT2D eigenvalue weighted by atomic mass is 9.89. The average molecular weight is 268 g/mol. The summed E-state index contributed by atoms with van der Waals surface area (Å²) in [6, 6.07) is 0.763. The zero-order chi connectivity index (χ0) is 13.9. The van der Waals surface area contributed by atoms with Gasteiger partial charge in [-0.1, -0.05) is 46.5 Å². The number of hydrogen-bond donors (Lipinski definition) is 1. The molecule has 2 heteroatoms. The number of hydrogen-bond acceptors (Lipinski definition) is 2. The van der Waals surface area contributed by atoms with Crippen molar-refractivity contribution in [1.82, 2.24) is 10.2 Å². The molecule has 114 valence electrons. The summed E-state index contributed by atoms with van der Waals surface area (Å²) in [5, 5.41) is 3.84. The van der Waals surface area contributed by atoms with Gasteiger partial charge in [-0.15, -0.1) is 0 Å². The van der Waals surface area contributed by atoms with Crippen molar-refractivity contribution in [1.29, 1.82) is 0 Å². The highest BCUT2D eigenvalue weighted by molar-refractivity contribution is 4.79. The zero-order valence-electron chi connectivity index (χ0n) is 13.6. The van der Waals surface area contributed by atoms with E-state index in [-0.39, 0.29) is 0 Å². The van der Waals surface area contributed by atoms with Gasteiger partial charge in [0.25, 0.3) is 0 Å². The normalized spacial score (nSPS) is 19.6. The van der Waals surface area contributed by atoms with Gasteiger partial charge in [-0.25, -0.2) is 0 Å². The SMILES string of the molecule is CCCNC(CCN(CC)CC)C1CCCCCC1. The molecule has 1 aliphatic carbocycles. The van der Waals surface area contributed by atoms with Gasteiger partial charge in [-0.05, 0) is 57.8 Å². The minimum atomic E-state index is 0.763. The van der Waals surface area contributed by atoms with Gasteiger partial charge in [0, 0.05) is 6.04 Å². The standard InChI is InChI=1S/C17H36N2/c1-4-14-18-17(13-15-19(5-2)6-3)16-11-9-7-8-10-12-16/h16-18H,4-15H2,1-3H3. The highest BCUT2D eigenvalue weighted by atomic mass is 15.1. The summed E-state index contributed by atoms with van der Waals surface area (Å²) in [5.41, 5.74) is 0. The number of rotatable bonds is 9. The van der Waals surface area contributed by atoms with Crippen LogP contribution in [0, 0.1) is 5.92 Å². The van der Waals surface area contributed by atoms with E-state index in [0.29, 0.717) is 0 Å². The second kappa shape index (κ2) is 10.7. The minimum Gasteiger partial charge on any atom is -0.314 e. The summed E-state index contributed by atoms with van der Waals surface area (Å²) in [7, 11) is 0. The second-order valence-electron chi connectivity index (χ2n) is 6.13. The molecule has 0 bridgehead atoms. The van der Waals surface area contributed by atoms with Crippen molar-refractivity contribution in [3.63, 3.8) is 0 Å². The van der Waals surface area contributed by atoms with Gasteiger partial charge in [-0.3, -0.25) is 0 Å². The summed E-state index contributed by atoms with van der Waals surface area (Å²) in [4.78, 5) is 2.57. The molecule has 0 amide bonds. The van der Waals surface area contributed by atoms with E-state index < -0.39 is 0 Å². The maximum Gasteiger partial charge on any atom is 0.0107 e. The minimum absolute atomic E-state index is 0.763. The Morgan fingerprint density at radius 2 is 1.63 bits per heavy atom. The molecule has 0 aromatic carbocycles. The topological polar surface area (TPSA) is 15.3 Å². The van der Waals surface area contributed by atoms with Crippen molar-refractivity contribution in [2.45, 2.75) is 78.2 Å². The van der Waals surface area contributed by atoms with Gasteiger partial charge < -0.3 is 10.2 Å². The molecule has 1 aliphatic rings. The third-order valence-corrected chi connectivity index (χ3v) is 4.78. The van der Waals surface area contributed by atoms with Crippen molar-refractivity contribution in [2.75, 3.05) is 26.2 Å². The highest BCUT2D eigenvalue weighted by Gasteiger charge is 2.22. The van der Waals surface area contributed by atoms with Crippen LogP contribution in [0.5, 0.6) is 0 Å². The molecular weight excluding hydrogens is 232 g/mol. The maximum atomic E-state index is 3.84. The Balaban J connectivity index is 2.44. The van der Waals surface area contributed by atoms with Crippen molar-refractivity contribution in [3.8, 4) is 0 Å². The van der Waals surface area contributed by atoms with Crippen LogP contribution in [0.4, 0.5) is 0 Å². The van der Waals surface area contributed by atoms with Gasteiger partial charge >= 0.3 is 0 Å². The number of nitrogens with zero attached hydrogens (tertiary/aromatic N) is 1. The molecule has 1 N–H and O–H groups in total. The average Bonchev–Trinajstić information content (AvgIpc) is 2.72. The van der Waals surface area contributed by atoms with E-state index in [2.05, 4.69) is 31.0 Å². The first-order valence-corrected chi connectivity index (χ1v) is 8.77. The van der Waals surface area contributed by atoms with E-state index in [1.54, 1.807) is 0 Å². The molecular formula is C17H36N2. The second-order valence-corrected chi connectivity index (χ2v) is 6.13. The lowest BCUT2D eigenvalue weighted by molar-refractivity contribution is 0.241. The van der Waals surface area contributed by atoms with Crippen molar-refractivity contribution in [3.05, 3.63) is 0 Å². The predicted molar refractivity (Wildman–Crippen MR) is 85.7 cm³/mol. The van der Waals surface area contributed by atoms with Crippen molar-refractivity contribution >= 4 is 0 Å². The van der Waals surface area contributed by atoms with Crippen LogP contribution < -0.4 is 5.32 Å². The zero-order valence-corrected chi connectivity index (χ0v) is 13.6. The predicted octanol–water partition coefficient (Wildman–Crippen LogP) is 4.06. The Bertz CT molecular complexity index is 193. The first-order valence-electron chi connectivity index (χ1n) is 8.77. The van der Waals surface area contributed by atoms with E-state index in [1.807, 2.05) is 0 Å². The van der Waals surface area contributed by atoms with Gasteiger partial charge in [0.1, 0.15) is 0 Å². The van der Waals surface area contributed by atoms with Crippen LogP contribution >= 0.6 is 0 Å². The molecule has 0 aromatic heterocycles. The van der Waals surface area contributed by atoms with Crippen LogP contribution in [0.1, 0.15) is 72.1 Å². The third-order valence-electron chi connectivity index (χ3n) is 4.78. The van der Waals surface area contributed by atoms with E-state index >= 15 is 0 Å². The van der Waals surface area contributed by atoms with Crippen LogP contribution in [0.15, 0.2) is 0 Å². The smallest absolute Gasteiger partial charge is 0.0107 e. The van der Waals surface area contributed by atoms with E-state index in [9.17, 15) is 0 Å². The summed E-state index contributed by atoms with van der Waals surface area (Å²) in [6.45, 7) is 11.7. The van der Waals surface area contributed by atoms with Crippen LogP contribution in [0.3, 0.4) is 0 Å². The fraction of sp³-hybridized carbons (Fsp3) is 1.00. The molecule has 1 unspecified atom stereocenters. The Labute approximate surface area is 121 Å². The molecule has 2 nitrogen and oxygen atoms in total. The quantitative estimate of drug-likeness (QED) is 0.635. The molecule has 0 saturated heterocycles. The molecule has 1 rings (SSSR count). The van der Waals surface area contributed by atoms with Crippen molar-refractivity contribution in [2.24, 2.45) is 5.92 Å². The Kier molecular flexibility index (Phi) is 9.54. The fourth-order valence-corrected chi connectivity index (χ4v) is 3.41. The van der Waals surface area contributed by atoms with Gasteiger partial charge in [-0.2, -0.15) is 0 Å². The summed E-state index contributed by atoms with van der Waals surface area (Å²) in [6.07, 6.45) is 11.4. The summed E-state index contributed by atoms with van der Waals surface area (Å²) in [5.74, 6) is 0.935. The Hall–Kier alpha value is -0.0800. The largest absolute Gasteiger partial charge is 0.314 e. The summed E-state index contributed by atoms with van der Waals surface area (Å²) < 4.78 is 0. The van der Waals surface area contributed by atoms with E-state index in [4.69, 9.17) is 0 Å². The molecule has 0 spiro atoms. The molecule has 1 fully saturated rings. The van der Waals surface area contributed by atoms with Crippen LogP contribution in [0.25, 0.3) is 0 Å². The van der Waals surface area contributed by atoms with Gasteiger partial charge in [0.15, 0.2) is 0 Å². The molecule has 0 radical (unpaired) electrons. The Morgan fingerprint density at radius 3 is 2.16 bits per heavy atom. The van der Waals surface area contributed by atoms with Crippen LogP contribution in [0.2, 0.25) is 0 Å². The third kappa shape index (κ3) is 6.76. The maximum absolute atomic E-state index is 3.84. The van der Waals surface area contributed by atoms with Crippen LogP contribution in [-0.4, -0.2) is 37.1 Å². The van der Waals surface area contributed by atoms with Crippen molar-refractivity contribution < 1.29 is 0 Å².